The van der Waals surface area contributed by atoms with E-state index in [9.17, 15) is 0 Å². The normalized spacial score (nSPS) is 11.1. The molecular weight excluding hydrogens is 460 g/mol. The number of para-hydroxylation sites is 2. The van der Waals surface area contributed by atoms with Crippen LogP contribution < -0.4 is 18.9 Å². The van der Waals surface area contributed by atoms with Gasteiger partial charge in [-0.25, -0.2) is 0 Å². The van der Waals surface area contributed by atoms with Crippen LogP contribution in [0, 0.1) is 0 Å². The van der Waals surface area contributed by atoms with Crippen molar-refractivity contribution in [1.82, 2.24) is 0 Å². The molecule has 0 atom stereocenters. The molecule has 0 spiro atoms. The summed E-state index contributed by atoms with van der Waals surface area (Å²) in [5, 5.41) is 0. The van der Waals surface area contributed by atoms with E-state index in [1.807, 2.05) is 84.9 Å². The number of rotatable bonds is 14. The van der Waals surface area contributed by atoms with E-state index in [1.165, 1.54) is 11.1 Å². The lowest BCUT2D eigenvalue weighted by Crippen LogP contribution is -2.18. The quantitative estimate of drug-likeness (QED) is 0.168. The van der Waals surface area contributed by atoms with Gasteiger partial charge in [-0.3, -0.25) is 0 Å². The molecule has 4 nitrogen and oxygen atoms in total. The Morgan fingerprint density at radius 1 is 0.405 bits per heavy atom. The van der Waals surface area contributed by atoms with E-state index < -0.39 is 0 Å². The van der Waals surface area contributed by atoms with Gasteiger partial charge in [-0.05, 0) is 59.7 Å². The van der Waals surface area contributed by atoms with Crippen LogP contribution in [-0.4, -0.2) is 26.4 Å². The first kappa shape index (κ1) is 26.2. The Hall–Kier alpha value is -3.92. The van der Waals surface area contributed by atoms with Gasteiger partial charge in [0.2, 0.25) is 0 Å². The summed E-state index contributed by atoms with van der Waals surface area (Å²) in [4.78, 5) is 0. The van der Waals surface area contributed by atoms with E-state index in [0.29, 0.717) is 26.4 Å². The van der Waals surface area contributed by atoms with Crippen molar-refractivity contribution in [3.05, 3.63) is 120 Å². The smallest absolute Gasteiger partial charge is 0.119 e. The van der Waals surface area contributed by atoms with Gasteiger partial charge in [0.1, 0.15) is 23.0 Å². The summed E-state index contributed by atoms with van der Waals surface area (Å²) in [6.07, 6.45) is 1.66. The summed E-state index contributed by atoms with van der Waals surface area (Å²) in [5.41, 5.74) is 2.34. The third-order valence-corrected chi connectivity index (χ3v) is 6.29. The van der Waals surface area contributed by atoms with Gasteiger partial charge in [-0.2, -0.15) is 0 Å². The topological polar surface area (TPSA) is 36.9 Å². The summed E-state index contributed by atoms with van der Waals surface area (Å²) in [5.74, 6) is 3.53. The molecule has 0 fully saturated rings. The maximum Gasteiger partial charge on any atom is 0.119 e. The molecule has 0 saturated heterocycles. The Morgan fingerprint density at radius 2 is 0.703 bits per heavy atom. The van der Waals surface area contributed by atoms with Crippen LogP contribution in [0.2, 0.25) is 0 Å². The molecule has 4 aromatic carbocycles. The SMILES string of the molecule is CC(C)(c1ccc(OCCCOc2ccccc2)cc1)c1ccc(OCCCOc2ccccc2)cc1. The number of benzene rings is 4. The molecule has 4 heteroatoms. The van der Waals surface area contributed by atoms with Gasteiger partial charge < -0.3 is 18.9 Å². The highest BCUT2D eigenvalue weighted by Gasteiger charge is 2.23. The molecule has 0 aromatic heterocycles. The molecule has 0 aliphatic heterocycles. The number of hydrogen-bond acceptors (Lipinski definition) is 4. The first-order valence-corrected chi connectivity index (χ1v) is 12.9. The third kappa shape index (κ3) is 8.04. The molecule has 0 bridgehead atoms. The fourth-order valence-corrected chi connectivity index (χ4v) is 4.01. The average Bonchev–Trinajstić information content (AvgIpc) is 2.94. The van der Waals surface area contributed by atoms with Crippen molar-refractivity contribution < 1.29 is 18.9 Å². The Balaban J connectivity index is 1.19. The zero-order chi connectivity index (χ0) is 25.8. The fourth-order valence-electron chi connectivity index (χ4n) is 4.01. The fraction of sp³-hybridized carbons (Fsp3) is 0.273. The molecule has 0 amide bonds. The summed E-state index contributed by atoms with van der Waals surface area (Å²) < 4.78 is 23.3. The minimum absolute atomic E-state index is 0.135. The minimum Gasteiger partial charge on any atom is -0.493 e. The lowest BCUT2D eigenvalue weighted by molar-refractivity contribution is 0.247. The van der Waals surface area contributed by atoms with E-state index in [1.54, 1.807) is 0 Å². The molecule has 192 valence electrons. The highest BCUT2D eigenvalue weighted by atomic mass is 16.5. The maximum absolute atomic E-state index is 5.91. The zero-order valence-corrected chi connectivity index (χ0v) is 21.8. The van der Waals surface area contributed by atoms with Gasteiger partial charge in [0, 0.05) is 18.3 Å². The van der Waals surface area contributed by atoms with Gasteiger partial charge in [-0.1, -0.05) is 74.5 Å². The molecule has 0 N–H and O–H groups in total. The summed E-state index contributed by atoms with van der Waals surface area (Å²) in [6, 6.07) is 36.5. The molecule has 0 unspecified atom stereocenters. The van der Waals surface area contributed by atoms with Crippen molar-refractivity contribution in [3.8, 4) is 23.0 Å². The second kappa shape index (κ2) is 13.4. The second-order valence-electron chi connectivity index (χ2n) is 9.40. The number of ether oxygens (including phenoxy) is 4. The van der Waals surface area contributed by atoms with Crippen LogP contribution in [0.5, 0.6) is 23.0 Å². The van der Waals surface area contributed by atoms with Crippen LogP contribution in [0.1, 0.15) is 37.8 Å². The molecule has 0 aliphatic carbocycles. The van der Waals surface area contributed by atoms with E-state index >= 15 is 0 Å². The van der Waals surface area contributed by atoms with Gasteiger partial charge in [-0.15, -0.1) is 0 Å². The van der Waals surface area contributed by atoms with Crippen LogP contribution >= 0.6 is 0 Å². The van der Waals surface area contributed by atoms with Gasteiger partial charge in [0.15, 0.2) is 0 Å². The first-order chi connectivity index (χ1) is 18.1. The zero-order valence-electron chi connectivity index (χ0n) is 21.8. The Morgan fingerprint density at radius 3 is 1.03 bits per heavy atom. The largest absolute Gasteiger partial charge is 0.493 e. The summed E-state index contributed by atoms with van der Waals surface area (Å²) in [7, 11) is 0. The molecule has 0 radical (unpaired) electrons. The summed E-state index contributed by atoms with van der Waals surface area (Å²) >= 11 is 0. The molecule has 4 aromatic rings. The molecule has 0 aliphatic rings. The van der Waals surface area contributed by atoms with Crippen LogP contribution in [0.4, 0.5) is 0 Å². The van der Waals surface area contributed by atoms with Crippen molar-refractivity contribution in [2.75, 3.05) is 26.4 Å². The van der Waals surface area contributed by atoms with E-state index in [4.69, 9.17) is 18.9 Å². The van der Waals surface area contributed by atoms with Crippen LogP contribution in [-0.2, 0) is 5.41 Å². The third-order valence-electron chi connectivity index (χ3n) is 6.29. The van der Waals surface area contributed by atoms with Crippen molar-refractivity contribution in [1.29, 1.82) is 0 Å². The predicted octanol–water partition coefficient (Wildman–Crippen LogP) is 7.71. The van der Waals surface area contributed by atoms with Crippen molar-refractivity contribution in [3.63, 3.8) is 0 Å². The van der Waals surface area contributed by atoms with Crippen LogP contribution in [0.25, 0.3) is 0 Å². The van der Waals surface area contributed by atoms with E-state index in [2.05, 4.69) is 38.1 Å². The van der Waals surface area contributed by atoms with Gasteiger partial charge >= 0.3 is 0 Å². The number of hydrogen-bond donors (Lipinski definition) is 0. The van der Waals surface area contributed by atoms with E-state index in [0.717, 1.165) is 35.8 Å². The minimum atomic E-state index is -0.135. The Bertz CT molecular complexity index is 1080. The lowest BCUT2D eigenvalue weighted by Gasteiger charge is -2.26. The Kier molecular flexibility index (Phi) is 9.47. The first-order valence-electron chi connectivity index (χ1n) is 12.9. The Labute approximate surface area is 220 Å². The maximum atomic E-state index is 5.91. The highest BCUT2D eigenvalue weighted by Crippen LogP contribution is 2.33. The molecule has 0 heterocycles. The average molecular weight is 497 g/mol. The van der Waals surface area contributed by atoms with Crippen molar-refractivity contribution >= 4 is 0 Å². The lowest BCUT2D eigenvalue weighted by atomic mass is 9.78. The van der Waals surface area contributed by atoms with Gasteiger partial charge in [0.05, 0.1) is 26.4 Å². The van der Waals surface area contributed by atoms with Crippen molar-refractivity contribution in [2.24, 2.45) is 0 Å². The van der Waals surface area contributed by atoms with Gasteiger partial charge in [0.25, 0.3) is 0 Å². The summed E-state index contributed by atoms with van der Waals surface area (Å²) in [6.45, 7) is 6.98. The van der Waals surface area contributed by atoms with Crippen LogP contribution in [0.3, 0.4) is 0 Å². The molecule has 0 saturated carbocycles. The monoisotopic (exact) mass is 496 g/mol. The van der Waals surface area contributed by atoms with E-state index in [-0.39, 0.29) is 5.41 Å². The van der Waals surface area contributed by atoms with Crippen LogP contribution in [0.15, 0.2) is 109 Å². The molecular formula is C33H36O4. The van der Waals surface area contributed by atoms with Crippen molar-refractivity contribution in [2.45, 2.75) is 32.1 Å². The second-order valence-corrected chi connectivity index (χ2v) is 9.40. The highest BCUT2D eigenvalue weighted by molar-refractivity contribution is 5.41. The molecule has 4 rings (SSSR count). The molecule has 37 heavy (non-hydrogen) atoms. The predicted molar refractivity (Wildman–Crippen MR) is 149 cm³/mol. The standard InChI is InChI=1S/C33H36O4/c1-33(2,27-15-19-31(20-16-27)36-25-9-23-34-29-11-5-3-6-12-29)28-17-21-32(22-18-28)37-26-10-24-35-30-13-7-4-8-14-30/h3-8,11-22H,9-10,23-26H2,1-2H3.